The normalized spacial score (nSPS) is 31.1. The van der Waals surface area contributed by atoms with Gasteiger partial charge in [0.05, 0.1) is 12.1 Å². The van der Waals surface area contributed by atoms with Crippen LogP contribution in [0.1, 0.15) is 20.3 Å². The highest BCUT2D eigenvalue weighted by atomic mass is 35.5. The van der Waals surface area contributed by atoms with Gasteiger partial charge in [0.15, 0.2) is 0 Å². The molecule has 0 aliphatic carbocycles. The summed E-state index contributed by atoms with van der Waals surface area (Å²) < 4.78 is 0. The molecule has 14 heavy (non-hydrogen) atoms. The van der Waals surface area contributed by atoms with E-state index in [1.807, 2.05) is 4.90 Å². The van der Waals surface area contributed by atoms with Crippen LogP contribution in [0.4, 0.5) is 4.79 Å². The van der Waals surface area contributed by atoms with Crippen LogP contribution in [0.15, 0.2) is 0 Å². The fraction of sp³-hybridized carbons (Fsp3) is 0.889. The minimum Gasteiger partial charge on any atom is -0.332 e. The molecule has 2 rings (SSSR count). The molecule has 0 aromatic heterocycles. The highest BCUT2D eigenvalue weighted by Crippen LogP contribution is 2.21. The van der Waals surface area contributed by atoms with E-state index in [-0.39, 0.29) is 18.4 Å². The molecule has 2 aliphatic rings. The molecule has 2 fully saturated rings. The lowest BCUT2D eigenvalue weighted by atomic mass is 10.0. The molecule has 0 bridgehead atoms. The molecule has 0 aromatic carbocycles. The average molecular weight is 220 g/mol. The summed E-state index contributed by atoms with van der Waals surface area (Å²) in [4.78, 5) is 13.5. The Balaban J connectivity index is 0.000000980. The number of hydrogen-bond donors (Lipinski definition) is 2. The van der Waals surface area contributed by atoms with Crippen molar-refractivity contribution in [3.05, 3.63) is 0 Å². The van der Waals surface area contributed by atoms with Crippen LogP contribution >= 0.6 is 12.4 Å². The fourth-order valence-electron chi connectivity index (χ4n) is 2.33. The predicted octanol–water partition coefficient (Wildman–Crippen LogP) is 0.572. The van der Waals surface area contributed by atoms with Crippen molar-refractivity contribution < 1.29 is 4.79 Å². The Morgan fingerprint density at radius 1 is 1.50 bits per heavy atom. The van der Waals surface area contributed by atoms with Gasteiger partial charge in [0.1, 0.15) is 0 Å². The number of carbonyl (C=O) groups excluding carboxylic acids is 1. The smallest absolute Gasteiger partial charge is 0.318 e. The molecule has 82 valence electrons. The monoisotopic (exact) mass is 219 g/mol. The average Bonchev–Trinajstić information content (AvgIpc) is 2.39. The van der Waals surface area contributed by atoms with Crippen LogP contribution in [0.3, 0.4) is 0 Å². The zero-order valence-corrected chi connectivity index (χ0v) is 9.43. The first-order valence-corrected chi connectivity index (χ1v) is 4.99. The first-order chi connectivity index (χ1) is 6.20. The van der Waals surface area contributed by atoms with Crippen molar-refractivity contribution in [1.82, 2.24) is 15.5 Å². The Labute approximate surface area is 90.8 Å². The molecule has 2 saturated heterocycles. The van der Waals surface area contributed by atoms with Crippen molar-refractivity contribution in [3.8, 4) is 0 Å². The predicted molar refractivity (Wildman–Crippen MR) is 57.8 cm³/mol. The fourth-order valence-corrected chi connectivity index (χ4v) is 2.33. The quantitative estimate of drug-likeness (QED) is 0.678. The van der Waals surface area contributed by atoms with Crippen molar-refractivity contribution >= 4 is 18.4 Å². The molecule has 0 aromatic rings. The van der Waals surface area contributed by atoms with Crippen molar-refractivity contribution in [2.45, 2.75) is 38.4 Å². The van der Waals surface area contributed by atoms with E-state index in [1.165, 1.54) is 0 Å². The van der Waals surface area contributed by atoms with Gasteiger partial charge in [-0.05, 0) is 26.8 Å². The van der Waals surface area contributed by atoms with Crippen LogP contribution < -0.4 is 10.6 Å². The minimum atomic E-state index is 0. The molecule has 0 saturated carbocycles. The molecular weight excluding hydrogens is 202 g/mol. The van der Waals surface area contributed by atoms with Gasteiger partial charge in [-0.2, -0.15) is 0 Å². The molecule has 2 amide bonds. The Kier molecular flexibility index (Phi) is 3.61. The number of amides is 2. The number of fused-ring (bicyclic) bond motifs is 1. The maximum atomic E-state index is 11.6. The molecule has 2 atom stereocenters. The van der Waals surface area contributed by atoms with Crippen molar-refractivity contribution in [2.75, 3.05) is 13.1 Å². The van der Waals surface area contributed by atoms with E-state index in [0.29, 0.717) is 18.1 Å². The SMILES string of the molecule is CC(C)N1C(=O)NC2CNCCC21.Cl. The Morgan fingerprint density at radius 2 is 2.21 bits per heavy atom. The molecular formula is C9H18ClN3O. The summed E-state index contributed by atoms with van der Waals surface area (Å²) in [6.07, 6.45) is 1.07. The number of carbonyl (C=O) groups is 1. The van der Waals surface area contributed by atoms with Gasteiger partial charge in [-0.3, -0.25) is 0 Å². The van der Waals surface area contributed by atoms with Gasteiger partial charge >= 0.3 is 6.03 Å². The number of rotatable bonds is 1. The van der Waals surface area contributed by atoms with Gasteiger partial charge in [0.2, 0.25) is 0 Å². The highest BCUT2D eigenvalue weighted by molar-refractivity contribution is 5.85. The summed E-state index contributed by atoms with van der Waals surface area (Å²) in [7, 11) is 0. The molecule has 2 heterocycles. The lowest BCUT2D eigenvalue weighted by Gasteiger charge is -2.32. The van der Waals surface area contributed by atoms with Gasteiger partial charge in [-0.15, -0.1) is 12.4 Å². The molecule has 5 heteroatoms. The van der Waals surface area contributed by atoms with Crippen LogP contribution in [0.25, 0.3) is 0 Å². The maximum Gasteiger partial charge on any atom is 0.318 e. The van der Waals surface area contributed by atoms with Crippen LogP contribution in [0.2, 0.25) is 0 Å². The third-order valence-corrected chi connectivity index (χ3v) is 2.90. The largest absolute Gasteiger partial charge is 0.332 e. The van der Waals surface area contributed by atoms with Gasteiger partial charge in [-0.25, -0.2) is 4.79 Å². The summed E-state index contributed by atoms with van der Waals surface area (Å²) >= 11 is 0. The van der Waals surface area contributed by atoms with E-state index in [4.69, 9.17) is 0 Å². The summed E-state index contributed by atoms with van der Waals surface area (Å²) in [6.45, 7) is 6.09. The number of piperidine rings is 1. The van der Waals surface area contributed by atoms with Crippen molar-refractivity contribution in [2.24, 2.45) is 0 Å². The Hall–Kier alpha value is -0.480. The van der Waals surface area contributed by atoms with E-state index in [9.17, 15) is 4.79 Å². The van der Waals surface area contributed by atoms with Gasteiger partial charge in [0, 0.05) is 12.6 Å². The Morgan fingerprint density at radius 3 is 2.86 bits per heavy atom. The van der Waals surface area contributed by atoms with Crippen LogP contribution in [-0.2, 0) is 0 Å². The topological polar surface area (TPSA) is 44.4 Å². The van der Waals surface area contributed by atoms with E-state index < -0.39 is 0 Å². The van der Waals surface area contributed by atoms with Gasteiger partial charge < -0.3 is 15.5 Å². The van der Waals surface area contributed by atoms with E-state index >= 15 is 0 Å². The Bertz CT molecular complexity index is 222. The molecule has 2 N–H and O–H groups in total. The number of nitrogens with one attached hydrogen (secondary N) is 2. The molecule has 0 spiro atoms. The third kappa shape index (κ3) is 1.81. The van der Waals surface area contributed by atoms with Crippen LogP contribution in [0, 0.1) is 0 Å². The zero-order chi connectivity index (χ0) is 9.42. The zero-order valence-electron chi connectivity index (χ0n) is 8.62. The summed E-state index contributed by atoms with van der Waals surface area (Å²) in [5.74, 6) is 0. The number of urea groups is 1. The van der Waals surface area contributed by atoms with Crippen LogP contribution in [-0.4, -0.2) is 42.1 Å². The minimum absolute atomic E-state index is 0. The summed E-state index contributed by atoms with van der Waals surface area (Å²) in [5, 5.41) is 6.31. The van der Waals surface area contributed by atoms with E-state index in [1.54, 1.807) is 0 Å². The standard InChI is InChI=1S/C9H17N3O.ClH/c1-6(2)12-8-3-4-10-5-7(8)11-9(12)13;/h6-8,10H,3-5H2,1-2H3,(H,11,13);1H. The first kappa shape index (κ1) is 11.6. The van der Waals surface area contributed by atoms with Gasteiger partial charge in [-0.1, -0.05) is 0 Å². The lowest BCUT2D eigenvalue weighted by Crippen LogP contribution is -2.50. The van der Waals surface area contributed by atoms with Crippen LogP contribution in [0.5, 0.6) is 0 Å². The molecule has 0 radical (unpaired) electrons. The summed E-state index contributed by atoms with van der Waals surface area (Å²) in [5.41, 5.74) is 0. The summed E-state index contributed by atoms with van der Waals surface area (Å²) in [6, 6.07) is 1.15. The molecule has 2 unspecified atom stereocenters. The second kappa shape index (κ2) is 4.36. The molecule has 4 nitrogen and oxygen atoms in total. The number of halogens is 1. The third-order valence-electron chi connectivity index (χ3n) is 2.90. The number of nitrogens with zero attached hydrogens (tertiary/aromatic N) is 1. The van der Waals surface area contributed by atoms with E-state index in [2.05, 4.69) is 24.5 Å². The van der Waals surface area contributed by atoms with Crippen molar-refractivity contribution in [3.63, 3.8) is 0 Å². The second-order valence-corrected chi connectivity index (χ2v) is 4.12. The lowest BCUT2D eigenvalue weighted by molar-refractivity contribution is 0.172. The van der Waals surface area contributed by atoms with Crippen molar-refractivity contribution in [1.29, 1.82) is 0 Å². The molecule has 2 aliphatic heterocycles. The van der Waals surface area contributed by atoms with Gasteiger partial charge in [0.25, 0.3) is 0 Å². The highest BCUT2D eigenvalue weighted by Gasteiger charge is 2.41. The maximum absolute atomic E-state index is 11.6. The second-order valence-electron chi connectivity index (χ2n) is 4.12. The number of hydrogen-bond acceptors (Lipinski definition) is 2. The van der Waals surface area contributed by atoms with E-state index in [0.717, 1.165) is 19.5 Å². The first-order valence-electron chi connectivity index (χ1n) is 4.99.